The Hall–Kier alpha value is -2.47. The molecule has 1 atom stereocenters. The lowest BCUT2D eigenvalue weighted by atomic mass is 10.0. The molecule has 0 radical (unpaired) electrons. The molecule has 0 amide bonds. The highest BCUT2D eigenvalue weighted by molar-refractivity contribution is 5.66. The molecule has 4 rings (SSSR count). The lowest BCUT2D eigenvalue weighted by Crippen LogP contribution is -2.20. The molecule has 6 heteroatoms. The third kappa shape index (κ3) is 2.12. The molecule has 0 saturated carbocycles. The van der Waals surface area contributed by atoms with Crippen LogP contribution in [0.15, 0.2) is 47.2 Å². The van der Waals surface area contributed by atoms with Crippen LogP contribution < -0.4 is 0 Å². The van der Waals surface area contributed by atoms with Crippen LogP contribution in [0, 0.1) is 0 Å². The van der Waals surface area contributed by atoms with Crippen molar-refractivity contribution in [3.8, 4) is 17.1 Å². The Balaban J connectivity index is 1.76. The summed E-state index contributed by atoms with van der Waals surface area (Å²) in [5.74, 6) is 1.09. The number of para-hydroxylation sites is 1. The van der Waals surface area contributed by atoms with Gasteiger partial charge in [-0.05, 0) is 38.0 Å². The second-order valence-corrected chi connectivity index (χ2v) is 5.57. The predicted molar refractivity (Wildman–Crippen MR) is 79.4 cm³/mol. The first kappa shape index (κ1) is 13.2. The number of hydrogen-bond acceptors (Lipinski definition) is 5. The van der Waals surface area contributed by atoms with E-state index >= 15 is 0 Å². The molecule has 3 heterocycles. The minimum absolute atomic E-state index is 0.466. The Bertz CT molecular complexity index is 773. The number of ether oxygens (including phenoxy) is 1. The molecule has 0 bridgehead atoms. The highest BCUT2D eigenvalue weighted by Crippen LogP contribution is 2.35. The number of aromatic nitrogens is 4. The van der Waals surface area contributed by atoms with Gasteiger partial charge in [0.2, 0.25) is 5.82 Å². The van der Waals surface area contributed by atoms with Gasteiger partial charge in [-0.25, -0.2) is 4.68 Å². The first-order valence-corrected chi connectivity index (χ1v) is 7.34. The molecule has 1 saturated heterocycles. The van der Waals surface area contributed by atoms with Crippen LogP contribution in [0.5, 0.6) is 0 Å². The molecule has 0 N–H and O–H groups in total. The lowest BCUT2D eigenvalue weighted by molar-refractivity contribution is -0.00937. The van der Waals surface area contributed by atoms with Crippen LogP contribution in [0.1, 0.15) is 25.7 Å². The smallest absolute Gasteiger partial charge is 0.258 e. The van der Waals surface area contributed by atoms with Gasteiger partial charge in [0.1, 0.15) is 5.60 Å². The van der Waals surface area contributed by atoms with E-state index in [1.54, 1.807) is 10.9 Å². The van der Waals surface area contributed by atoms with Gasteiger partial charge in [-0.3, -0.25) is 0 Å². The second-order valence-electron chi connectivity index (χ2n) is 5.57. The molecule has 22 heavy (non-hydrogen) atoms. The maximum Gasteiger partial charge on any atom is 0.258 e. The number of nitrogens with zero attached hydrogens (tertiary/aromatic N) is 4. The molecular formula is C16H16N4O2. The average Bonchev–Trinajstić information content (AvgIpc) is 3.29. The molecular weight excluding hydrogens is 280 g/mol. The SMILES string of the molecule is CC1(c2nc(-c3ccccc3-n3cccn3)no2)CCCO1. The number of benzene rings is 1. The van der Waals surface area contributed by atoms with E-state index in [4.69, 9.17) is 9.26 Å². The molecule has 1 unspecified atom stereocenters. The third-order valence-electron chi connectivity index (χ3n) is 3.99. The summed E-state index contributed by atoms with van der Waals surface area (Å²) in [5, 5.41) is 8.42. The molecule has 3 aromatic rings. The standard InChI is InChI=1S/C16H16N4O2/c1-16(8-4-11-21-16)15-18-14(19-22-15)12-6-2-3-7-13(12)20-10-5-9-17-20/h2-3,5-7,9-10H,4,8,11H2,1H3. The van der Waals surface area contributed by atoms with Crippen LogP contribution in [0.3, 0.4) is 0 Å². The van der Waals surface area contributed by atoms with Gasteiger partial charge in [0.25, 0.3) is 5.89 Å². The topological polar surface area (TPSA) is 66.0 Å². The van der Waals surface area contributed by atoms with E-state index in [-0.39, 0.29) is 0 Å². The van der Waals surface area contributed by atoms with Crippen molar-refractivity contribution in [3.05, 3.63) is 48.6 Å². The Morgan fingerprint density at radius 1 is 1.23 bits per heavy atom. The maximum atomic E-state index is 5.76. The molecule has 112 valence electrons. The fourth-order valence-corrected chi connectivity index (χ4v) is 2.77. The van der Waals surface area contributed by atoms with Crippen LogP contribution in [0.2, 0.25) is 0 Å². The van der Waals surface area contributed by atoms with E-state index in [9.17, 15) is 0 Å². The Morgan fingerprint density at radius 2 is 2.14 bits per heavy atom. The van der Waals surface area contributed by atoms with E-state index in [0.717, 1.165) is 30.7 Å². The molecule has 2 aromatic heterocycles. The van der Waals surface area contributed by atoms with Crippen LogP contribution in [-0.4, -0.2) is 26.5 Å². The van der Waals surface area contributed by atoms with Crippen LogP contribution in [0.25, 0.3) is 17.1 Å². The first-order valence-electron chi connectivity index (χ1n) is 7.34. The average molecular weight is 296 g/mol. The largest absolute Gasteiger partial charge is 0.365 e. The monoisotopic (exact) mass is 296 g/mol. The fourth-order valence-electron chi connectivity index (χ4n) is 2.77. The van der Waals surface area contributed by atoms with Crippen molar-refractivity contribution >= 4 is 0 Å². The van der Waals surface area contributed by atoms with Gasteiger partial charge in [0.05, 0.1) is 5.69 Å². The van der Waals surface area contributed by atoms with Crippen molar-refractivity contribution in [1.29, 1.82) is 0 Å². The number of hydrogen-bond donors (Lipinski definition) is 0. The fraction of sp³-hybridized carbons (Fsp3) is 0.312. The van der Waals surface area contributed by atoms with E-state index in [1.807, 2.05) is 43.5 Å². The zero-order chi connectivity index (χ0) is 15.0. The van der Waals surface area contributed by atoms with Crippen molar-refractivity contribution in [2.45, 2.75) is 25.4 Å². The van der Waals surface area contributed by atoms with Gasteiger partial charge in [0.15, 0.2) is 0 Å². The van der Waals surface area contributed by atoms with Gasteiger partial charge in [-0.2, -0.15) is 10.1 Å². The first-order chi connectivity index (χ1) is 10.8. The van der Waals surface area contributed by atoms with Crippen molar-refractivity contribution in [1.82, 2.24) is 19.9 Å². The van der Waals surface area contributed by atoms with Gasteiger partial charge >= 0.3 is 0 Å². The summed E-state index contributed by atoms with van der Waals surface area (Å²) in [6.45, 7) is 2.73. The van der Waals surface area contributed by atoms with Gasteiger partial charge in [-0.1, -0.05) is 17.3 Å². The third-order valence-corrected chi connectivity index (χ3v) is 3.99. The van der Waals surface area contributed by atoms with E-state index in [2.05, 4.69) is 15.2 Å². The molecule has 1 aromatic carbocycles. The molecule has 0 aliphatic carbocycles. The molecule has 0 spiro atoms. The minimum atomic E-state index is -0.466. The van der Waals surface area contributed by atoms with Crippen molar-refractivity contribution in [3.63, 3.8) is 0 Å². The zero-order valence-electron chi connectivity index (χ0n) is 12.3. The normalized spacial score (nSPS) is 21.3. The van der Waals surface area contributed by atoms with Gasteiger partial charge in [0, 0.05) is 24.6 Å². The summed E-state index contributed by atoms with van der Waals surface area (Å²) in [4.78, 5) is 4.56. The summed E-state index contributed by atoms with van der Waals surface area (Å²) in [7, 11) is 0. The van der Waals surface area contributed by atoms with Crippen LogP contribution >= 0.6 is 0 Å². The predicted octanol–water partition coefficient (Wildman–Crippen LogP) is 2.95. The summed E-state index contributed by atoms with van der Waals surface area (Å²) < 4.78 is 13.0. The van der Waals surface area contributed by atoms with E-state index in [1.165, 1.54) is 0 Å². The lowest BCUT2D eigenvalue weighted by Gasteiger charge is -2.16. The molecule has 6 nitrogen and oxygen atoms in total. The molecule has 1 aliphatic heterocycles. The summed E-state index contributed by atoms with van der Waals surface area (Å²) in [5.41, 5.74) is 1.33. The zero-order valence-corrected chi connectivity index (χ0v) is 12.3. The van der Waals surface area contributed by atoms with Crippen molar-refractivity contribution in [2.75, 3.05) is 6.61 Å². The van der Waals surface area contributed by atoms with Gasteiger partial charge < -0.3 is 9.26 Å². The van der Waals surface area contributed by atoms with Crippen molar-refractivity contribution < 1.29 is 9.26 Å². The maximum absolute atomic E-state index is 5.76. The highest BCUT2D eigenvalue weighted by atomic mass is 16.5. The molecule has 1 aliphatic rings. The molecule has 1 fully saturated rings. The van der Waals surface area contributed by atoms with E-state index in [0.29, 0.717) is 11.7 Å². The van der Waals surface area contributed by atoms with Gasteiger partial charge in [-0.15, -0.1) is 0 Å². The Morgan fingerprint density at radius 3 is 2.91 bits per heavy atom. The van der Waals surface area contributed by atoms with E-state index < -0.39 is 5.60 Å². The van der Waals surface area contributed by atoms with Crippen LogP contribution in [-0.2, 0) is 10.3 Å². The quantitative estimate of drug-likeness (QED) is 0.743. The summed E-state index contributed by atoms with van der Waals surface area (Å²) >= 11 is 0. The minimum Gasteiger partial charge on any atom is -0.365 e. The Kier molecular flexibility index (Phi) is 3.04. The van der Waals surface area contributed by atoms with Crippen molar-refractivity contribution in [2.24, 2.45) is 0 Å². The Labute approximate surface area is 127 Å². The second kappa shape index (κ2) is 5.06. The highest BCUT2D eigenvalue weighted by Gasteiger charge is 2.37. The summed E-state index contributed by atoms with van der Waals surface area (Å²) in [6, 6.07) is 9.73. The summed E-state index contributed by atoms with van der Waals surface area (Å²) in [6.07, 6.45) is 5.54. The van der Waals surface area contributed by atoms with Crippen LogP contribution in [0.4, 0.5) is 0 Å². The number of rotatable bonds is 3.